The van der Waals surface area contributed by atoms with Gasteiger partial charge >= 0.3 is 0 Å². The Morgan fingerprint density at radius 3 is 2.44 bits per heavy atom. The summed E-state index contributed by atoms with van der Waals surface area (Å²) in [4.78, 5) is 15.6. The maximum atomic E-state index is 11.3. The summed E-state index contributed by atoms with van der Waals surface area (Å²) in [5.74, 6) is -0.0763. The summed E-state index contributed by atoms with van der Waals surface area (Å²) in [5.41, 5.74) is 2.57. The summed E-state index contributed by atoms with van der Waals surface area (Å²) in [6.07, 6.45) is 1.75. The summed E-state index contributed by atoms with van der Waals surface area (Å²) in [5, 5.41) is 2.59. The predicted octanol–water partition coefficient (Wildman–Crippen LogP) is 2.11. The maximum Gasteiger partial charge on any atom is 0.251 e. The van der Waals surface area contributed by atoms with Gasteiger partial charge in [-0.2, -0.15) is 0 Å². The predicted molar refractivity (Wildman–Crippen MR) is 63.1 cm³/mol. The van der Waals surface area contributed by atoms with Crippen molar-refractivity contribution in [1.82, 2.24) is 10.3 Å². The van der Waals surface area contributed by atoms with E-state index in [9.17, 15) is 4.79 Å². The molecule has 1 aromatic heterocycles. The third kappa shape index (κ3) is 2.08. The summed E-state index contributed by atoms with van der Waals surface area (Å²) in [6.45, 7) is 0. The lowest BCUT2D eigenvalue weighted by atomic mass is 10.1. The zero-order chi connectivity index (χ0) is 11.4. The molecule has 1 amide bonds. The van der Waals surface area contributed by atoms with E-state index in [2.05, 4.69) is 10.3 Å². The molecule has 0 unspecified atom stereocenters. The van der Waals surface area contributed by atoms with Crippen molar-refractivity contribution in [1.29, 1.82) is 0 Å². The van der Waals surface area contributed by atoms with E-state index in [1.54, 1.807) is 25.4 Å². The first-order chi connectivity index (χ1) is 7.81. The molecule has 0 spiro atoms. The van der Waals surface area contributed by atoms with Gasteiger partial charge in [0, 0.05) is 24.4 Å². The van der Waals surface area contributed by atoms with Crippen molar-refractivity contribution < 1.29 is 4.79 Å². The number of benzene rings is 1. The van der Waals surface area contributed by atoms with E-state index in [4.69, 9.17) is 0 Å². The normalized spacial score (nSPS) is 9.81. The van der Waals surface area contributed by atoms with Gasteiger partial charge in [0.1, 0.15) is 0 Å². The lowest BCUT2D eigenvalue weighted by molar-refractivity contribution is 0.0963. The van der Waals surface area contributed by atoms with E-state index in [-0.39, 0.29) is 5.91 Å². The van der Waals surface area contributed by atoms with Crippen LogP contribution >= 0.6 is 0 Å². The molecule has 0 fully saturated rings. The number of amides is 1. The van der Waals surface area contributed by atoms with Gasteiger partial charge in [-0.3, -0.25) is 9.78 Å². The first-order valence-corrected chi connectivity index (χ1v) is 5.05. The number of hydrogen-bond donors (Lipinski definition) is 1. The van der Waals surface area contributed by atoms with Gasteiger partial charge < -0.3 is 5.32 Å². The van der Waals surface area contributed by atoms with E-state index < -0.39 is 0 Å². The lowest BCUT2D eigenvalue weighted by Crippen LogP contribution is -2.17. The van der Waals surface area contributed by atoms with Gasteiger partial charge in [0.25, 0.3) is 5.91 Å². The van der Waals surface area contributed by atoms with Crippen molar-refractivity contribution in [3.05, 3.63) is 54.2 Å². The van der Waals surface area contributed by atoms with E-state index in [0.717, 1.165) is 11.3 Å². The van der Waals surface area contributed by atoms with E-state index >= 15 is 0 Å². The second kappa shape index (κ2) is 4.57. The Morgan fingerprint density at radius 2 is 1.88 bits per heavy atom. The monoisotopic (exact) mass is 212 g/mol. The van der Waals surface area contributed by atoms with Crippen LogP contribution in [0.5, 0.6) is 0 Å². The van der Waals surface area contributed by atoms with Crippen molar-refractivity contribution in [3.8, 4) is 11.3 Å². The molecule has 80 valence electrons. The minimum Gasteiger partial charge on any atom is -0.355 e. The van der Waals surface area contributed by atoms with Gasteiger partial charge in [-0.25, -0.2) is 0 Å². The summed E-state index contributed by atoms with van der Waals surface area (Å²) < 4.78 is 0. The molecule has 0 aliphatic heterocycles. The van der Waals surface area contributed by atoms with Crippen LogP contribution < -0.4 is 5.32 Å². The molecule has 2 aromatic rings. The fourth-order valence-electron chi connectivity index (χ4n) is 1.47. The van der Waals surface area contributed by atoms with Gasteiger partial charge in [-0.15, -0.1) is 0 Å². The van der Waals surface area contributed by atoms with Crippen LogP contribution in [-0.4, -0.2) is 17.9 Å². The van der Waals surface area contributed by atoms with Crippen LogP contribution in [0.15, 0.2) is 48.7 Å². The van der Waals surface area contributed by atoms with Crippen LogP contribution in [0.3, 0.4) is 0 Å². The summed E-state index contributed by atoms with van der Waals surface area (Å²) in [7, 11) is 1.62. The fourth-order valence-corrected chi connectivity index (χ4v) is 1.47. The summed E-state index contributed by atoms with van der Waals surface area (Å²) in [6, 6.07) is 13.1. The van der Waals surface area contributed by atoms with Crippen LogP contribution in [-0.2, 0) is 0 Å². The molecule has 1 N–H and O–H groups in total. The largest absolute Gasteiger partial charge is 0.355 e. The number of hydrogen-bond acceptors (Lipinski definition) is 2. The zero-order valence-electron chi connectivity index (χ0n) is 8.97. The Kier molecular flexibility index (Phi) is 2.96. The number of rotatable bonds is 2. The topological polar surface area (TPSA) is 42.0 Å². The minimum atomic E-state index is -0.0763. The standard InChI is InChI=1S/C13H12N2O/c1-14-13(16)11-7-5-10(6-8-11)12-4-2-3-9-15-12/h2-9H,1H3,(H,14,16). The molecule has 2 rings (SSSR count). The van der Waals surface area contributed by atoms with E-state index in [1.807, 2.05) is 30.3 Å². The van der Waals surface area contributed by atoms with Crippen LogP contribution in [0.4, 0.5) is 0 Å². The molecule has 0 bridgehead atoms. The molecular weight excluding hydrogens is 200 g/mol. The Balaban J connectivity index is 2.30. The lowest BCUT2D eigenvalue weighted by Gasteiger charge is -2.02. The highest BCUT2D eigenvalue weighted by Crippen LogP contribution is 2.16. The molecule has 0 saturated heterocycles. The second-order valence-corrected chi connectivity index (χ2v) is 3.37. The Labute approximate surface area is 94.1 Å². The molecule has 0 aliphatic rings. The Morgan fingerprint density at radius 1 is 1.12 bits per heavy atom. The van der Waals surface area contributed by atoms with Crippen LogP contribution in [0, 0.1) is 0 Å². The molecule has 0 radical (unpaired) electrons. The second-order valence-electron chi connectivity index (χ2n) is 3.37. The average molecular weight is 212 g/mol. The van der Waals surface area contributed by atoms with Crippen molar-refractivity contribution >= 4 is 5.91 Å². The first kappa shape index (κ1) is 10.4. The molecule has 3 heteroatoms. The minimum absolute atomic E-state index is 0.0763. The Bertz CT molecular complexity index is 477. The maximum absolute atomic E-state index is 11.3. The average Bonchev–Trinajstić information content (AvgIpc) is 2.39. The molecular formula is C13H12N2O. The van der Waals surface area contributed by atoms with Crippen molar-refractivity contribution in [2.45, 2.75) is 0 Å². The summed E-state index contributed by atoms with van der Waals surface area (Å²) >= 11 is 0. The Hall–Kier alpha value is -2.16. The third-order valence-electron chi connectivity index (χ3n) is 2.33. The molecule has 0 atom stereocenters. The van der Waals surface area contributed by atoms with Gasteiger partial charge in [-0.1, -0.05) is 18.2 Å². The number of nitrogens with zero attached hydrogens (tertiary/aromatic N) is 1. The number of carbonyl (C=O) groups is 1. The van der Waals surface area contributed by atoms with Crippen molar-refractivity contribution in [3.63, 3.8) is 0 Å². The number of nitrogens with one attached hydrogen (secondary N) is 1. The first-order valence-electron chi connectivity index (χ1n) is 5.05. The quantitative estimate of drug-likeness (QED) is 0.828. The van der Waals surface area contributed by atoms with Crippen LogP contribution in [0.25, 0.3) is 11.3 Å². The highest BCUT2D eigenvalue weighted by atomic mass is 16.1. The zero-order valence-corrected chi connectivity index (χ0v) is 8.97. The van der Waals surface area contributed by atoms with Crippen molar-refractivity contribution in [2.75, 3.05) is 7.05 Å². The highest BCUT2D eigenvalue weighted by Gasteiger charge is 2.03. The molecule has 1 heterocycles. The SMILES string of the molecule is CNC(=O)c1ccc(-c2ccccn2)cc1. The van der Waals surface area contributed by atoms with E-state index in [1.165, 1.54) is 0 Å². The van der Waals surface area contributed by atoms with E-state index in [0.29, 0.717) is 5.56 Å². The third-order valence-corrected chi connectivity index (χ3v) is 2.33. The van der Waals surface area contributed by atoms with Crippen molar-refractivity contribution in [2.24, 2.45) is 0 Å². The van der Waals surface area contributed by atoms with Gasteiger partial charge in [0.15, 0.2) is 0 Å². The number of aromatic nitrogens is 1. The molecule has 1 aromatic carbocycles. The van der Waals surface area contributed by atoms with Gasteiger partial charge in [0.2, 0.25) is 0 Å². The van der Waals surface area contributed by atoms with Gasteiger partial charge in [-0.05, 0) is 24.3 Å². The smallest absolute Gasteiger partial charge is 0.251 e. The van der Waals surface area contributed by atoms with Gasteiger partial charge in [0.05, 0.1) is 5.69 Å². The number of carbonyl (C=O) groups excluding carboxylic acids is 1. The fraction of sp³-hybridized carbons (Fsp3) is 0.0769. The van der Waals surface area contributed by atoms with Crippen LogP contribution in [0.1, 0.15) is 10.4 Å². The molecule has 0 aliphatic carbocycles. The molecule has 16 heavy (non-hydrogen) atoms. The van der Waals surface area contributed by atoms with Crippen LogP contribution in [0.2, 0.25) is 0 Å². The molecule has 3 nitrogen and oxygen atoms in total. The number of pyridine rings is 1. The molecule has 0 saturated carbocycles. The highest BCUT2D eigenvalue weighted by molar-refractivity contribution is 5.94.